The van der Waals surface area contributed by atoms with Crippen LogP contribution in [0.15, 0.2) is 18.3 Å². The summed E-state index contributed by atoms with van der Waals surface area (Å²) in [7, 11) is 3.03. The summed E-state index contributed by atoms with van der Waals surface area (Å²) in [5, 5.41) is 0.379. The monoisotopic (exact) mass is 408 g/mol. The second kappa shape index (κ2) is 7.98. The Morgan fingerprint density at radius 1 is 1.30 bits per heavy atom. The van der Waals surface area contributed by atoms with Gasteiger partial charge in [0.2, 0.25) is 0 Å². The zero-order chi connectivity index (χ0) is 19.6. The van der Waals surface area contributed by atoms with E-state index < -0.39 is 0 Å². The van der Waals surface area contributed by atoms with Gasteiger partial charge >= 0.3 is 5.97 Å². The smallest absolute Gasteiger partial charge is 0.311 e. The highest BCUT2D eigenvalue weighted by atomic mass is 35.5. The molecule has 0 aliphatic heterocycles. The fourth-order valence-electron chi connectivity index (χ4n) is 2.70. The molecule has 0 fully saturated rings. The van der Waals surface area contributed by atoms with Crippen LogP contribution in [0.3, 0.4) is 0 Å². The summed E-state index contributed by atoms with van der Waals surface area (Å²) < 4.78 is 17.2. The Morgan fingerprint density at radius 3 is 2.67 bits per heavy atom. The van der Waals surface area contributed by atoms with Crippen molar-refractivity contribution in [3.05, 3.63) is 33.9 Å². The minimum absolute atomic E-state index is 0.132. The van der Waals surface area contributed by atoms with E-state index in [0.29, 0.717) is 51.3 Å². The molecule has 0 saturated carbocycles. The van der Waals surface area contributed by atoms with Gasteiger partial charge < -0.3 is 14.2 Å². The first-order valence-corrected chi connectivity index (χ1v) is 9.25. The van der Waals surface area contributed by atoms with Crippen molar-refractivity contribution in [2.75, 3.05) is 20.8 Å². The lowest BCUT2D eigenvalue weighted by atomic mass is 10.1. The Kier molecular flexibility index (Phi) is 5.67. The molecule has 0 amide bonds. The molecule has 0 aliphatic carbocycles. The molecule has 2 aromatic heterocycles. The third kappa shape index (κ3) is 3.63. The number of nitrogens with zero attached hydrogens (tertiary/aromatic N) is 2. The minimum Gasteiger partial charge on any atom is -0.496 e. The lowest BCUT2D eigenvalue weighted by molar-refractivity contribution is -0.142. The van der Waals surface area contributed by atoms with E-state index in [-0.39, 0.29) is 12.4 Å². The molecule has 0 unspecified atom stereocenters. The van der Waals surface area contributed by atoms with Crippen LogP contribution in [0.5, 0.6) is 11.5 Å². The average Bonchev–Trinajstić information content (AvgIpc) is 3.18. The summed E-state index contributed by atoms with van der Waals surface area (Å²) >= 11 is 7.55. The molecule has 3 rings (SSSR count). The normalized spacial score (nSPS) is 10.8. The molecule has 2 heterocycles. The Hall–Kier alpha value is -2.58. The number of aromatic nitrogens is 2. The summed E-state index contributed by atoms with van der Waals surface area (Å²) in [6.07, 6.45) is 2.57. The van der Waals surface area contributed by atoms with Gasteiger partial charge in [-0.15, -0.1) is 11.3 Å². The van der Waals surface area contributed by atoms with Crippen LogP contribution in [-0.4, -0.2) is 42.5 Å². The topological polar surface area (TPSA) is 79.1 Å². The van der Waals surface area contributed by atoms with Crippen LogP contribution in [0, 0.1) is 0 Å². The molecule has 0 saturated heterocycles. The van der Waals surface area contributed by atoms with E-state index in [1.807, 2.05) is 0 Å². The van der Waals surface area contributed by atoms with E-state index in [9.17, 15) is 9.59 Å². The molecule has 0 radical (unpaired) electrons. The molecule has 0 bridgehead atoms. The number of benzene rings is 1. The van der Waals surface area contributed by atoms with Crippen LogP contribution in [0.1, 0.15) is 22.3 Å². The maximum absolute atomic E-state index is 11.8. The van der Waals surface area contributed by atoms with E-state index in [1.54, 1.807) is 29.7 Å². The number of methoxy groups -OCH3 is 2. The highest BCUT2D eigenvalue weighted by Gasteiger charge is 2.21. The van der Waals surface area contributed by atoms with Crippen LogP contribution >= 0.6 is 22.9 Å². The molecule has 0 spiro atoms. The van der Waals surface area contributed by atoms with Gasteiger partial charge in [0.05, 0.1) is 32.3 Å². The summed E-state index contributed by atoms with van der Waals surface area (Å²) in [5.41, 5.74) is 1.37. The predicted molar refractivity (Wildman–Crippen MR) is 102 cm³/mol. The van der Waals surface area contributed by atoms with Gasteiger partial charge in [-0.05, 0) is 13.0 Å². The minimum atomic E-state index is -0.321. The Labute approximate surface area is 164 Å². The second-order valence-electron chi connectivity index (χ2n) is 5.48. The Morgan fingerprint density at radius 2 is 2.04 bits per heavy atom. The number of aldehydes is 1. The SMILES string of the molecule is CCOC(=O)Cc1cn2c(C=O)c(-c3cc(Cl)c(OC)cc3OC)nc2s1. The zero-order valence-electron chi connectivity index (χ0n) is 14.9. The van der Waals surface area contributed by atoms with Crippen molar-refractivity contribution in [3.8, 4) is 22.8 Å². The highest BCUT2D eigenvalue weighted by Crippen LogP contribution is 2.40. The third-order valence-electron chi connectivity index (χ3n) is 3.88. The molecule has 142 valence electrons. The van der Waals surface area contributed by atoms with E-state index in [4.69, 9.17) is 25.8 Å². The van der Waals surface area contributed by atoms with Crippen molar-refractivity contribution in [2.45, 2.75) is 13.3 Å². The van der Waals surface area contributed by atoms with E-state index in [1.165, 1.54) is 25.6 Å². The quantitative estimate of drug-likeness (QED) is 0.438. The molecule has 3 aromatic rings. The van der Waals surface area contributed by atoms with Crippen LogP contribution in [-0.2, 0) is 16.0 Å². The van der Waals surface area contributed by atoms with Gasteiger partial charge in [-0.2, -0.15) is 0 Å². The standard InChI is InChI=1S/C18H17ClN2O5S/c1-4-26-16(23)5-10-8-21-13(9-22)17(20-18(21)27-10)11-6-12(19)15(25-3)7-14(11)24-2/h6-9H,4-5H2,1-3H3. The molecule has 0 N–H and O–H groups in total. The number of hydrogen-bond donors (Lipinski definition) is 0. The average molecular weight is 409 g/mol. The second-order valence-corrected chi connectivity index (χ2v) is 6.98. The van der Waals surface area contributed by atoms with Crippen molar-refractivity contribution in [3.63, 3.8) is 0 Å². The number of rotatable bonds is 7. The van der Waals surface area contributed by atoms with Crippen molar-refractivity contribution < 1.29 is 23.8 Å². The number of hydrogen-bond acceptors (Lipinski definition) is 7. The summed E-state index contributed by atoms with van der Waals surface area (Å²) in [6.45, 7) is 2.08. The van der Waals surface area contributed by atoms with Crippen LogP contribution < -0.4 is 9.47 Å². The summed E-state index contributed by atoms with van der Waals surface area (Å²) in [4.78, 5) is 29.3. The molecule has 27 heavy (non-hydrogen) atoms. The van der Waals surface area contributed by atoms with Gasteiger partial charge in [0, 0.05) is 22.7 Å². The van der Waals surface area contributed by atoms with Gasteiger partial charge in [-0.3, -0.25) is 14.0 Å². The lowest BCUT2D eigenvalue weighted by Crippen LogP contribution is -2.06. The molecular formula is C18H17ClN2O5S. The van der Waals surface area contributed by atoms with Gasteiger partial charge in [-0.25, -0.2) is 4.98 Å². The van der Waals surface area contributed by atoms with Crippen molar-refractivity contribution >= 4 is 40.2 Å². The number of ether oxygens (including phenoxy) is 3. The van der Waals surface area contributed by atoms with Crippen molar-refractivity contribution in [1.82, 2.24) is 9.38 Å². The molecule has 0 atom stereocenters. The van der Waals surface area contributed by atoms with Gasteiger partial charge in [0.25, 0.3) is 0 Å². The van der Waals surface area contributed by atoms with Crippen LogP contribution in [0.25, 0.3) is 16.2 Å². The Bertz CT molecular complexity index is 1010. The van der Waals surface area contributed by atoms with Crippen molar-refractivity contribution in [2.24, 2.45) is 0 Å². The number of esters is 1. The number of imidazole rings is 1. The number of halogens is 1. The number of fused-ring (bicyclic) bond motifs is 1. The predicted octanol–water partition coefficient (Wildman–Crippen LogP) is 3.65. The maximum atomic E-state index is 11.8. The number of carbonyl (C=O) groups excluding carboxylic acids is 2. The number of carbonyl (C=O) groups is 2. The zero-order valence-corrected chi connectivity index (χ0v) is 16.5. The largest absolute Gasteiger partial charge is 0.496 e. The fourth-order valence-corrected chi connectivity index (χ4v) is 3.91. The Balaban J connectivity index is 2.08. The molecule has 9 heteroatoms. The fraction of sp³-hybridized carbons (Fsp3) is 0.278. The van der Waals surface area contributed by atoms with E-state index >= 15 is 0 Å². The first-order valence-electron chi connectivity index (χ1n) is 8.05. The van der Waals surface area contributed by atoms with E-state index in [2.05, 4.69) is 4.98 Å². The molecule has 0 aliphatic rings. The lowest BCUT2D eigenvalue weighted by Gasteiger charge is -2.11. The van der Waals surface area contributed by atoms with Gasteiger partial charge in [0.15, 0.2) is 11.2 Å². The summed E-state index contributed by atoms with van der Waals surface area (Å²) in [6, 6.07) is 3.30. The first-order chi connectivity index (χ1) is 13.0. The third-order valence-corrected chi connectivity index (χ3v) is 5.15. The maximum Gasteiger partial charge on any atom is 0.311 e. The van der Waals surface area contributed by atoms with Gasteiger partial charge in [-0.1, -0.05) is 11.6 Å². The van der Waals surface area contributed by atoms with Crippen LogP contribution in [0.4, 0.5) is 0 Å². The van der Waals surface area contributed by atoms with Crippen LogP contribution in [0.2, 0.25) is 5.02 Å². The molecule has 1 aromatic carbocycles. The molecule has 7 nitrogen and oxygen atoms in total. The molecular weight excluding hydrogens is 392 g/mol. The summed E-state index contributed by atoms with van der Waals surface area (Å²) in [5.74, 6) is 0.623. The van der Waals surface area contributed by atoms with Crippen molar-refractivity contribution in [1.29, 1.82) is 0 Å². The number of thiazole rings is 1. The highest BCUT2D eigenvalue weighted by molar-refractivity contribution is 7.17. The first kappa shape index (κ1) is 19.2. The van der Waals surface area contributed by atoms with Gasteiger partial charge in [0.1, 0.15) is 22.9 Å². The van der Waals surface area contributed by atoms with E-state index in [0.717, 1.165) is 4.88 Å².